The van der Waals surface area contributed by atoms with E-state index in [0.717, 1.165) is 140 Å². The van der Waals surface area contributed by atoms with Crippen molar-refractivity contribution >= 4 is 17.1 Å². The monoisotopic (exact) mass is 946 g/mol. The van der Waals surface area contributed by atoms with Gasteiger partial charge in [0.15, 0.2) is 0 Å². The van der Waals surface area contributed by atoms with Crippen LogP contribution in [0.1, 0.15) is 76.0 Å². The van der Waals surface area contributed by atoms with Gasteiger partial charge in [0.1, 0.15) is 0 Å². The van der Waals surface area contributed by atoms with Crippen LogP contribution in [0.2, 0.25) is 0 Å². The molecule has 6 heteroatoms. The van der Waals surface area contributed by atoms with Gasteiger partial charge >= 0.3 is 0 Å². The minimum atomic E-state index is -0.404. The lowest BCUT2D eigenvalue weighted by Crippen LogP contribution is -2.64. The summed E-state index contributed by atoms with van der Waals surface area (Å²) in [6, 6.07) is 70.2. The van der Waals surface area contributed by atoms with E-state index in [1.165, 1.54) is 0 Å². The fraction of sp³-hybridized carbons (Fsp3) is 0.194. The molecule has 4 bridgehead atoms. The summed E-state index contributed by atoms with van der Waals surface area (Å²) in [5, 5.41) is 0. The van der Waals surface area contributed by atoms with Crippen LogP contribution in [-0.4, -0.2) is 48.7 Å². The molecule has 4 aliphatic rings. The minimum absolute atomic E-state index is 0.382. The molecule has 4 fully saturated rings. The molecule has 0 atom stereocenters. The zero-order chi connectivity index (χ0) is 49.4. The van der Waals surface area contributed by atoms with Crippen molar-refractivity contribution < 1.29 is 0 Å². The predicted molar refractivity (Wildman–Crippen MR) is 301 cm³/mol. The van der Waals surface area contributed by atoms with Crippen LogP contribution in [0.5, 0.6) is 0 Å². The second-order valence-electron chi connectivity index (χ2n) is 20.8. The highest BCUT2D eigenvalue weighted by Gasteiger charge is 2.64. The number of aromatic nitrogens is 3. The average Bonchev–Trinajstić information content (AvgIpc) is 3.43. The van der Waals surface area contributed by atoms with Gasteiger partial charge in [0.25, 0.3) is 0 Å². The maximum atomic E-state index is 6.01. The maximum Gasteiger partial charge on any atom is 0.0708 e. The van der Waals surface area contributed by atoms with Crippen molar-refractivity contribution in [3.63, 3.8) is 0 Å². The highest BCUT2D eigenvalue weighted by molar-refractivity contribution is 6.07. The molecule has 0 N–H and O–H groups in total. The predicted octanol–water partition coefficient (Wildman–Crippen LogP) is 15.9. The van der Waals surface area contributed by atoms with E-state index in [9.17, 15) is 0 Å². The Balaban J connectivity index is 1.00. The van der Waals surface area contributed by atoms with Gasteiger partial charge in [-0.1, -0.05) is 182 Å². The molecule has 0 unspecified atom stereocenters. The van der Waals surface area contributed by atoms with Crippen LogP contribution in [0.4, 0.5) is 0 Å². The van der Waals surface area contributed by atoms with Crippen LogP contribution in [-0.2, 0) is 0 Å². The first kappa shape index (κ1) is 45.9. The van der Waals surface area contributed by atoms with Gasteiger partial charge in [-0.05, 0) is 117 Å². The molecule has 0 aliphatic heterocycles. The molecule has 3 heterocycles. The van der Waals surface area contributed by atoms with E-state index in [2.05, 4.69) is 240 Å². The van der Waals surface area contributed by atoms with Crippen LogP contribution < -0.4 is 0 Å². The van der Waals surface area contributed by atoms with E-state index >= 15 is 0 Å². The summed E-state index contributed by atoms with van der Waals surface area (Å²) in [6.07, 6.45) is 11.7. The molecule has 3 aromatic heterocycles. The van der Waals surface area contributed by atoms with Crippen molar-refractivity contribution in [2.75, 3.05) is 0 Å². The Morgan fingerprint density at radius 2 is 0.575 bits per heavy atom. The number of hydrogen-bond donors (Lipinski definition) is 0. The lowest BCUT2D eigenvalue weighted by Gasteiger charge is -2.63. The van der Waals surface area contributed by atoms with Gasteiger partial charge in [-0.2, -0.15) is 0 Å². The first-order valence-corrected chi connectivity index (χ1v) is 25.8. The van der Waals surface area contributed by atoms with Crippen molar-refractivity contribution in [1.82, 2.24) is 15.0 Å². The number of benzene rings is 6. The van der Waals surface area contributed by atoms with E-state index in [0.29, 0.717) is 5.92 Å². The second kappa shape index (κ2) is 19.1. The quantitative estimate of drug-likeness (QED) is 0.115. The van der Waals surface area contributed by atoms with Gasteiger partial charge < -0.3 is 0 Å². The summed E-state index contributed by atoms with van der Waals surface area (Å²) in [6.45, 7) is 6.60. The molecule has 0 spiro atoms. The first-order valence-electron chi connectivity index (χ1n) is 25.8. The molecule has 73 heavy (non-hydrogen) atoms. The van der Waals surface area contributed by atoms with Gasteiger partial charge in [-0.25, -0.2) is 0 Å². The van der Waals surface area contributed by atoms with Crippen molar-refractivity contribution in [2.24, 2.45) is 20.9 Å². The van der Waals surface area contributed by atoms with E-state index in [4.69, 9.17) is 29.9 Å². The molecule has 4 aliphatic carbocycles. The highest BCUT2D eigenvalue weighted by atomic mass is 15.1. The summed E-state index contributed by atoms with van der Waals surface area (Å²) in [4.78, 5) is 33.3. The number of aliphatic imine (C=N–C) groups is 3. The Kier molecular flexibility index (Phi) is 12.0. The van der Waals surface area contributed by atoms with Crippen LogP contribution in [0, 0.1) is 5.92 Å². The van der Waals surface area contributed by atoms with Crippen molar-refractivity contribution in [3.8, 4) is 67.2 Å². The summed E-state index contributed by atoms with van der Waals surface area (Å²) in [7, 11) is 0. The zero-order valence-corrected chi connectivity index (χ0v) is 41.8. The smallest absolute Gasteiger partial charge is 0.0708 e. The van der Waals surface area contributed by atoms with Gasteiger partial charge in [0.05, 0.1) is 33.7 Å². The second-order valence-corrected chi connectivity index (χ2v) is 20.8. The Morgan fingerprint density at radius 1 is 0.342 bits per heavy atom. The first-order chi connectivity index (χ1) is 35.7. The topological polar surface area (TPSA) is 75.8 Å². The van der Waals surface area contributed by atoms with E-state index < -0.39 is 16.6 Å². The highest BCUT2D eigenvalue weighted by Crippen LogP contribution is 2.64. The maximum absolute atomic E-state index is 6.01. The van der Waals surface area contributed by atoms with E-state index in [1.807, 2.05) is 0 Å². The van der Waals surface area contributed by atoms with Crippen molar-refractivity contribution in [1.29, 1.82) is 0 Å². The third kappa shape index (κ3) is 9.19. The van der Waals surface area contributed by atoms with Crippen molar-refractivity contribution in [3.05, 3.63) is 235 Å². The molecular weight excluding hydrogens is 889 g/mol. The fourth-order valence-corrected chi connectivity index (χ4v) is 13.0. The SMILES string of the molecule is C/C(=N/C12CC3CC(/N=C(/C)c4cnc(-c5ccccc5)cc4-c4ccccc4)(C1)CC(/N=C(/C)c1cnc(-c4ccccc4)cc1-c1ccccc1)(C3)C2)c1cnc(-c2ccccc2)cc1-c1ccccc1. The molecule has 9 aromatic rings. The molecule has 356 valence electrons. The largest absolute Gasteiger partial charge is 0.283 e. The molecule has 0 radical (unpaired) electrons. The summed E-state index contributed by atoms with van der Waals surface area (Å²) in [5.41, 5.74) is 17.9. The lowest BCUT2D eigenvalue weighted by molar-refractivity contribution is -0.0300. The number of pyridine rings is 3. The lowest BCUT2D eigenvalue weighted by atomic mass is 9.47. The Hall–Kier alpha value is -8.22. The van der Waals surface area contributed by atoms with Gasteiger partial charge in [-0.15, -0.1) is 0 Å². The molecule has 0 saturated heterocycles. The van der Waals surface area contributed by atoms with Crippen LogP contribution in [0.15, 0.2) is 234 Å². The standard InChI is InChI=1S/C67H58N6/c1-46(59-40-68-62(53-28-16-7-17-29-53)34-56(59)50-22-10-4-11-23-50)71-65-37-49-38-66(43-65,72-47(2)60-41-69-63(54-30-18-8-19-31-54)35-57(60)51-24-12-5-13-25-51)45-67(39-49,44-65)73-48(3)61-42-70-64(55-32-20-9-21-33-55)36-58(61)52-26-14-6-15-27-52/h4-36,40-42,49H,37-39,43-45H2,1-3H3/b71-46-,72-47-,73-48-. The third-order valence-electron chi connectivity index (χ3n) is 15.5. The summed E-state index contributed by atoms with van der Waals surface area (Å²) >= 11 is 0. The van der Waals surface area contributed by atoms with E-state index in [1.54, 1.807) is 0 Å². The van der Waals surface area contributed by atoms with Crippen molar-refractivity contribution in [2.45, 2.75) is 75.9 Å². The Labute approximate surface area is 429 Å². The van der Waals surface area contributed by atoms with Crippen LogP contribution in [0.3, 0.4) is 0 Å². The molecule has 4 saturated carbocycles. The summed E-state index contributed by atoms with van der Waals surface area (Å²) < 4.78 is 0. The zero-order valence-electron chi connectivity index (χ0n) is 41.8. The van der Waals surface area contributed by atoms with Crippen LogP contribution >= 0.6 is 0 Å². The number of nitrogens with zero attached hydrogens (tertiary/aromatic N) is 6. The molecule has 0 amide bonds. The Bertz CT molecular complexity index is 3150. The normalized spacial score (nSPS) is 21.6. The number of rotatable bonds is 12. The van der Waals surface area contributed by atoms with Crippen LogP contribution in [0.25, 0.3) is 67.2 Å². The number of hydrogen-bond acceptors (Lipinski definition) is 6. The van der Waals surface area contributed by atoms with Gasteiger partial charge in [0, 0.05) is 69.1 Å². The average molecular weight is 947 g/mol. The summed E-state index contributed by atoms with van der Waals surface area (Å²) in [5.74, 6) is 0.382. The molecule has 6 nitrogen and oxygen atoms in total. The third-order valence-corrected chi connectivity index (χ3v) is 15.5. The van der Waals surface area contributed by atoms with Gasteiger partial charge in [-0.3, -0.25) is 29.9 Å². The Morgan fingerprint density at radius 3 is 0.822 bits per heavy atom. The minimum Gasteiger partial charge on any atom is -0.283 e. The van der Waals surface area contributed by atoms with E-state index in [-0.39, 0.29) is 0 Å². The molecule has 6 aromatic carbocycles. The van der Waals surface area contributed by atoms with Gasteiger partial charge in [0.2, 0.25) is 0 Å². The molecular formula is C67H58N6. The molecule has 13 rings (SSSR count). The fourth-order valence-electron chi connectivity index (χ4n) is 13.0.